The summed E-state index contributed by atoms with van der Waals surface area (Å²) >= 11 is 1.72. The van der Waals surface area contributed by atoms with Crippen LogP contribution in [0.5, 0.6) is 5.75 Å². The molecule has 1 aromatic carbocycles. The molecule has 0 aliphatic carbocycles. The van der Waals surface area contributed by atoms with Crippen molar-refractivity contribution in [3.8, 4) is 5.75 Å². The predicted molar refractivity (Wildman–Crippen MR) is 76.4 cm³/mol. The number of aromatic nitrogens is 1. The van der Waals surface area contributed by atoms with Gasteiger partial charge in [-0.1, -0.05) is 0 Å². The fourth-order valence-corrected chi connectivity index (χ4v) is 2.33. The predicted octanol–water partition coefficient (Wildman–Crippen LogP) is 3.85. The summed E-state index contributed by atoms with van der Waals surface area (Å²) in [4.78, 5) is 5.48. The maximum absolute atomic E-state index is 5.60. The van der Waals surface area contributed by atoms with Crippen molar-refractivity contribution in [1.82, 2.24) is 4.98 Å². The highest BCUT2D eigenvalue weighted by Crippen LogP contribution is 2.18. The van der Waals surface area contributed by atoms with Crippen LogP contribution < -0.4 is 10.1 Å². The van der Waals surface area contributed by atoms with Crippen LogP contribution in [-0.2, 0) is 6.54 Å². The van der Waals surface area contributed by atoms with Gasteiger partial charge in [-0.2, -0.15) is 0 Å². The van der Waals surface area contributed by atoms with Crippen LogP contribution in [0.15, 0.2) is 30.5 Å². The summed E-state index contributed by atoms with van der Waals surface area (Å²) in [5.41, 5.74) is 1.09. The van der Waals surface area contributed by atoms with Gasteiger partial charge in [0.25, 0.3) is 0 Å². The van der Waals surface area contributed by atoms with Crippen molar-refractivity contribution in [2.24, 2.45) is 0 Å². The Kier molecular flexibility index (Phi) is 4.20. The quantitative estimate of drug-likeness (QED) is 0.888. The lowest BCUT2D eigenvalue weighted by Crippen LogP contribution is -2.05. The monoisotopic (exact) mass is 262 g/mol. The topological polar surface area (TPSA) is 34.2 Å². The smallest absolute Gasteiger partial charge is 0.119 e. The van der Waals surface area contributed by atoms with Crippen LogP contribution in [0.3, 0.4) is 0 Å². The van der Waals surface area contributed by atoms with Gasteiger partial charge in [-0.05, 0) is 45.0 Å². The molecule has 0 spiro atoms. The van der Waals surface area contributed by atoms with E-state index in [4.69, 9.17) is 4.74 Å². The van der Waals surface area contributed by atoms with Gasteiger partial charge in [-0.3, -0.25) is 0 Å². The van der Waals surface area contributed by atoms with Gasteiger partial charge in [0.05, 0.1) is 17.7 Å². The summed E-state index contributed by atoms with van der Waals surface area (Å²) in [5.74, 6) is 0.907. The van der Waals surface area contributed by atoms with E-state index in [1.54, 1.807) is 11.3 Å². The number of hydrogen-bond acceptors (Lipinski definition) is 4. The highest BCUT2D eigenvalue weighted by atomic mass is 32.1. The molecule has 18 heavy (non-hydrogen) atoms. The van der Waals surface area contributed by atoms with Crippen molar-refractivity contribution >= 4 is 17.0 Å². The second kappa shape index (κ2) is 5.87. The van der Waals surface area contributed by atoms with Crippen LogP contribution in [0.4, 0.5) is 5.69 Å². The number of anilines is 1. The second-order valence-electron chi connectivity index (χ2n) is 4.39. The lowest BCUT2D eigenvalue weighted by atomic mass is 10.3. The van der Waals surface area contributed by atoms with E-state index in [2.05, 4.69) is 10.3 Å². The molecule has 4 heteroatoms. The average molecular weight is 262 g/mol. The van der Waals surface area contributed by atoms with Gasteiger partial charge in [0.2, 0.25) is 0 Å². The summed E-state index contributed by atoms with van der Waals surface area (Å²) < 4.78 is 5.60. The van der Waals surface area contributed by atoms with Crippen molar-refractivity contribution < 1.29 is 4.74 Å². The Bertz CT molecular complexity index is 491. The van der Waals surface area contributed by atoms with E-state index in [9.17, 15) is 0 Å². The molecule has 2 rings (SSSR count). The van der Waals surface area contributed by atoms with Crippen molar-refractivity contribution in [1.29, 1.82) is 0 Å². The molecular formula is C14H18N2OS. The molecule has 0 radical (unpaired) electrons. The molecule has 0 aliphatic heterocycles. The Hall–Kier alpha value is -1.55. The fraction of sp³-hybridized carbons (Fsp3) is 0.357. The van der Waals surface area contributed by atoms with E-state index in [0.717, 1.165) is 23.0 Å². The summed E-state index contributed by atoms with van der Waals surface area (Å²) in [5, 5.41) is 4.47. The van der Waals surface area contributed by atoms with Crippen LogP contribution in [0.2, 0.25) is 0 Å². The third-order valence-corrected chi connectivity index (χ3v) is 3.27. The summed E-state index contributed by atoms with van der Waals surface area (Å²) in [7, 11) is 0. The summed E-state index contributed by atoms with van der Waals surface area (Å²) in [6, 6.07) is 8.04. The lowest BCUT2D eigenvalue weighted by molar-refractivity contribution is 0.242. The van der Waals surface area contributed by atoms with Crippen molar-refractivity contribution in [2.45, 2.75) is 33.4 Å². The number of rotatable bonds is 5. The first-order valence-corrected chi connectivity index (χ1v) is 6.87. The largest absolute Gasteiger partial charge is 0.491 e. The zero-order valence-corrected chi connectivity index (χ0v) is 11.8. The van der Waals surface area contributed by atoms with E-state index in [-0.39, 0.29) is 6.10 Å². The van der Waals surface area contributed by atoms with Gasteiger partial charge in [0, 0.05) is 16.8 Å². The highest BCUT2D eigenvalue weighted by molar-refractivity contribution is 7.11. The zero-order chi connectivity index (χ0) is 13.0. The number of aryl methyl sites for hydroxylation is 1. The van der Waals surface area contributed by atoms with Crippen molar-refractivity contribution in [3.63, 3.8) is 0 Å². The van der Waals surface area contributed by atoms with Crippen LogP contribution in [0.25, 0.3) is 0 Å². The van der Waals surface area contributed by atoms with E-state index < -0.39 is 0 Å². The number of ether oxygens (including phenoxy) is 1. The molecule has 0 saturated carbocycles. The second-order valence-corrected chi connectivity index (χ2v) is 5.71. The van der Waals surface area contributed by atoms with Gasteiger partial charge in [-0.15, -0.1) is 11.3 Å². The van der Waals surface area contributed by atoms with Crippen LogP contribution >= 0.6 is 11.3 Å². The number of nitrogens with zero attached hydrogens (tertiary/aromatic N) is 1. The molecule has 2 aromatic rings. The van der Waals surface area contributed by atoms with E-state index in [1.165, 1.54) is 4.88 Å². The normalized spacial score (nSPS) is 10.7. The van der Waals surface area contributed by atoms with E-state index in [0.29, 0.717) is 0 Å². The maximum Gasteiger partial charge on any atom is 0.119 e. The van der Waals surface area contributed by atoms with Crippen LogP contribution in [0.1, 0.15) is 23.7 Å². The molecule has 1 N–H and O–H groups in total. The Balaban J connectivity index is 1.90. The zero-order valence-electron chi connectivity index (χ0n) is 10.9. The molecule has 1 heterocycles. The van der Waals surface area contributed by atoms with Gasteiger partial charge >= 0.3 is 0 Å². The van der Waals surface area contributed by atoms with Crippen molar-refractivity contribution in [3.05, 3.63) is 40.3 Å². The molecule has 0 fully saturated rings. The molecule has 1 aromatic heterocycles. The molecule has 0 aliphatic rings. The number of nitrogens with one attached hydrogen (secondary N) is 1. The minimum absolute atomic E-state index is 0.212. The van der Waals surface area contributed by atoms with Gasteiger partial charge in [0.15, 0.2) is 0 Å². The first-order chi connectivity index (χ1) is 8.63. The number of benzene rings is 1. The SMILES string of the molecule is Cc1ncc(CNc2ccc(OC(C)C)cc2)s1. The number of hydrogen-bond donors (Lipinski definition) is 1. The Labute approximate surface area is 112 Å². The van der Waals surface area contributed by atoms with Gasteiger partial charge in [-0.25, -0.2) is 4.98 Å². The first-order valence-electron chi connectivity index (χ1n) is 6.05. The molecule has 3 nitrogen and oxygen atoms in total. The maximum atomic E-state index is 5.60. The minimum Gasteiger partial charge on any atom is -0.491 e. The highest BCUT2D eigenvalue weighted by Gasteiger charge is 2.00. The molecular weight excluding hydrogens is 244 g/mol. The van der Waals surface area contributed by atoms with Crippen LogP contribution in [-0.4, -0.2) is 11.1 Å². The standard InChI is InChI=1S/C14H18N2OS/c1-10(2)17-13-6-4-12(5-7-13)16-9-14-8-15-11(3)18-14/h4-8,10,16H,9H2,1-3H3. The third kappa shape index (κ3) is 3.74. The number of thiazole rings is 1. The Morgan fingerprint density at radius 2 is 2.00 bits per heavy atom. The molecule has 0 saturated heterocycles. The first kappa shape index (κ1) is 12.9. The molecule has 96 valence electrons. The van der Waals surface area contributed by atoms with E-state index >= 15 is 0 Å². The summed E-state index contributed by atoms with van der Waals surface area (Å²) in [6.07, 6.45) is 2.13. The fourth-order valence-electron chi connectivity index (χ4n) is 1.60. The van der Waals surface area contributed by atoms with Gasteiger partial charge in [0.1, 0.15) is 5.75 Å². The Morgan fingerprint density at radius 3 is 2.56 bits per heavy atom. The molecule has 0 unspecified atom stereocenters. The molecule has 0 bridgehead atoms. The van der Waals surface area contributed by atoms with Crippen LogP contribution in [0, 0.1) is 6.92 Å². The van der Waals surface area contributed by atoms with Gasteiger partial charge < -0.3 is 10.1 Å². The molecule has 0 amide bonds. The average Bonchev–Trinajstić information content (AvgIpc) is 2.74. The molecule has 0 atom stereocenters. The van der Waals surface area contributed by atoms with Crippen molar-refractivity contribution in [2.75, 3.05) is 5.32 Å². The summed E-state index contributed by atoms with van der Waals surface area (Å²) in [6.45, 7) is 6.89. The minimum atomic E-state index is 0.212. The lowest BCUT2D eigenvalue weighted by Gasteiger charge is -2.10. The third-order valence-electron chi connectivity index (χ3n) is 2.36. The Morgan fingerprint density at radius 1 is 1.28 bits per heavy atom. The van der Waals surface area contributed by atoms with E-state index in [1.807, 2.05) is 51.2 Å².